The molecular weight excluding hydrogens is 325 g/mol. The maximum atomic E-state index is 13.5. The van der Waals surface area contributed by atoms with Gasteiger partial charge >= 0.3 is 12.1 Å². The van der Waals surface area contributed by atoms with Gasteiger partial charge in [-0.25, -0.2) is 11.0 Å². The van der Waals surface area contributed by atoms with Crippen molar-refractivity contribution in [2.75, 3.05) is 19.7 Å². The largest absolute Gasteiger partial charge is 0.466 e. The van der Waals surface area contributed by atoms with Crippen LogP contribution >= 0.6 is 0 Å². The van der Waals surface area contributed by atoms with E-state index >= 15 is 0 Å². The van der Waals surface area contributed by atoms with Crippen molar-refractivity contribution in [1.82, 2.24) is 10.2 Å². The van der Waals surface area contributed by atoms with E-state index in [1.54, 1.807) is 0 Å². The lowest BCUT2D eigenvalue weighted by Gasteiger charge is -2.52. The van der Waals surface area contributed by atoms with Crippen LogP contribution in [0.4, 0.5) is 4.39 Å². The van der Waals surface area contributed by atoms with Crippen LogP contribution in [0.2, 0.25) is 0 Å². The number of amides is 1. The fourth-order valence-electron chi connectivity index (χ4n) is 4.56. The van der Waals surface area contributed by atoms with Gasteiger partial charge in [0.2, 0.25) is 5.91 Å². The highest BCUT2D eigenvalue weighted by Gasteiger charge is 2.53. The van der Waals surface area contributed by atoms with Crippen LogP contribution in [0, 0.1) is 12.0 Å². The average molecular weight is 351 g/mol. The molecule has 1 N–H and O–H groups in total. The predicted molar refractivity (Wildman–Crippen MR) is 89.1 cm³/mol. The fraction of sp³-hybridized carbons (Fsp3) is 0.833. The number of esters is 1. The number of nitrogens with zero attached hydrogens (tertiary/aromatic N) is 2. The van der Waals surface area contributed by atoms with E-state index in [4.69, 9.17) is 11.3 Å². The maximum Gasteiger partial charge on any atom is 0.312 e. The molecule has 2 atom stereocenters. The molecule has 0 unspecified atom stereocenters. The fourth-order valence-corrected chi connectivity index (χ4v) is 4.56. The zero-order valence-corrected chi connectivity index (χ0v) is 14.7. The van der Waals surface area contributed by atoms with Gasteiger partial charge in [0.1, 0.15) is 6.17 Å². The molecule has 4 fully saturated rings. The van der Waals surface area contributed by atoms with Crippen LogP contribution in [-0.2, 0) is 14.3 Å². The number of hydrogen-bond acceptors (Lipinski definition) is 4. The Morgan fingerprint density at radius 3 is 2.48 bits per heavy atom. The summed E-state index contributed by atoms with van der Waals surface area (Å²) in [5.41, 5.74) is -0.457. The number of nitrogens with one attached hydrogen (secondary N) is 1. The molecule has 4 aliphatic rings. The molecule has 0 aromatic heterocycles. The molecule has 0 spiro atoms. The van der Waals surface area contributed by atoms with Crippen molar-refractivity contribution in [2.45, 2.75) is 69.7 Å². The Labute approximate surface area is 147 Å². The van der Waals surface area contributed by atoms with Crippen LogP contribution in [-0.4, -0.2) is 54.3 Å². The minimum atomic E-state index is -1.10. The first-order valence-corrected chi connectivity index (χ1v) is 9.16. The summed E-state index contributed by atoms with van der Waals surface area (Å²) < 4.78 is 18.7. The Balaban J connectivity index is 1.55. The monoisotopic (exact) mass is 351 g/mol. The second-order valence-corrected chi connectivity index (χ2v) is 7.62. The van der Waals surface area contributed by atoms with E-state index in [2.05, 4.69) is 10.2 Å². The first kappa shape index (κ1) is 18.1. The van der Waals surface area contributed by atoms with Crippen LogP contribution in [0.15, 0.2) is 0 Å². The molecule has 1 amide bonds. The zero-order valence-electron chi connectivity index (χ0n) is 14.7. The predicted octanol–water partition coefficient (Wildman–Crippen LogP) is 2.05. The highest BCUT2D eigenvalue weighted by Crippen LogP contribution is 2.52. The molecule has 138 valence electrons. The summed E-state index contributed by atoms with van der Waals surface area (Å²) in [5.74, 6) is -0.284. The molecule has 3 saturated carbocycles. The Hall–Kier alpha value is -1.68. The molecule has 1 aliphatic heterocycles. The molecule has 4 rings (SSSR count). The summed E-state index contributed by atoms with van der Waals surface area (Å²) in [6.07, 6.45) is 3.23. The zero-order chi connectivity index (χ0) is 18.1. The van der Waals surface area contributed by atoms with Gasteiger partial charge in [0, 0.05) is 5.54 Å². The number of ether oxygens (including phenoxy) is 1. The van der Waals surface area contributed by atoms with Gasteiger partial charge in [0.15, 0.2) is 0 Å². The van der Waals surface area contributed by atoms with Gasteiger partial charge in [-0.2, -0.15) is 0 Å². The Morgan fingerprint density at radius 1 is 1.28 bits per heavy atom. The van der Waals surface area contributed by atoms with Gasteiger partial charge in [-0.05, 0) is 45.4 Å². The number of hydrogen-bond donors (Lipinski definition) is 1. The molecule has 0 aromatic rings. The lowest BCUT2D eigenvalue weighted by Crippen LogP contribution is -2.58. The number of fused-ring (bicyclic) bond motifs is 3. The summed E-state index contributed by atoms with van der Waals surface area (Å²) in [5, 5.41) is 3.38. The van der Waals surface area contributed by atoms with E-state index in [9.17, 15) is 14.0 Å². The molecule has 2 bridgehead atoms. The van der Waals surface area contributed by atoms with Crippen molar-refractivity contribution >= 4 is 11.9 Å². The van der Waals surface area contributed by atoms with Crippen LogP contribution in [0.5, 0.6) is 0 Å². The lowest BCUT2D eigenvalue weighted by atomic mass is 9.57. The number of carbonyl (C=O) groups is 2. The molecule has 25 heavy (non-hydrogen) atoms. The number of rotatable bonds is 5. The second-order valence-electron chi connectivity index (χ2n) is 7.62. The molecule has 1 saturated heterocycles. The van der Waals surface area contributed by atoms with Crippen molar-refractivity contribution in [2.24, 2.45) is 5.41 Å². The molecule has 3 aliphatic carbocycles. The third-order valence-corrected chi connectivity index (χ3v) is 6.26. The summed E-state index contributed by atoms with van der Waals surface area (Å²) in [7, 11) is 0. The van der Waals surface area contributed by atoms with Gasteiger partial charge in [0.25, 0.3) is 0 Å². The standard InChI is InChI=1S/C18H26FN3O3/c1-3-25-16(24)17-4-7-18(8-5-17,9-6-17)21-11-15(23)22-12-13(19)10-14(22)20-2/h13-14,21H,3-12H2,1H3/t13-,14-,17?,18?/m0/s1. The van der Waals surface area contributed by atoms with Gasteiger partial charge in [-0.15, -0.1) is 0 Å². The number of likely N-dealkylation sites (tertiary alicyclic amines) is 1. The first-order valence-electron chi connectivity index (χ1n) is 9.16. The highest BCUT2D eigenvalue weighted by atomic mass is 19.1. The molecule has 1 heterocycles. The van der Waals surface area contributed by atoms with Crippen LogP contribution < -0.4 is 5.32 Å². The smallest absolute Gasteiger partial charge is 0.312 e. The van der Waals surface area contributed by atoms with Crippen LogP contribution in [0.3, 0.4) is 0 Å². The molecule has 0 aromatic carbocycles. The topological polar surface area (TPSA) is 63.0 Å². The van der Waals surface area contributed by atoms with E-state index in [-0.39, 0.29) is 42.3 Å². The summed E-state index contributed by atoms with van der Waals surface area (Å²) in [6, 6.07) is 0. The Kier molecular flexibility index (Phi) is 5.01. The minimum Gasteiger partial charge on any atom is -0.466 e. The summed E-state index contributed by atoms with van der Waals surface area (Å²) in [4.78, 5) is 29.4. The SMILES string of the molecule is [C-]#[N+][C@@H]1C[C@H](F)CN1C(=O)CNC12CCC(C(=O)OCC)(CC1)CC2. The number of carbonyl (C=O) groups excluding carboxylic acids is 2. The van der Waals surface area contributed by atoms with Crippen molar-refractivity contribution in [3.63, 3.8) is 0 Å². The molecule has 0 radical (unpaired) electrons. The maximum absolute atomic E-state index is 13.5. The van der Waals surface area contributed by atoms with Crippen LogP contribution in [0.25, 0.3) is 4.85 Å². The third kappa shape index (κ3) is 3.37. The van der Waals surface area contributed by atoms with Crippen molar-refractivity contribution < 1.29 is 18.7 Å². The first-order chi connectivity index (χ1) is 11.9. The van der Waals surface area contributed by atoms with Gasteiger partial charge < -0.3 is 10.1 Å². The summed E-state index contributed by atoms with van der Waals surface area (Å²) in [6.45, 7) is 9.51. The van der Waals surface area contributed by atoms with E-state index in [0.29, 0.717) is 6.61 Å². The number of alkyl halides is 1. The number of halogens is 1. The molecule has 7 heteroatoms. The lowest BCUT2D eigenvalue weighted by molar-refractivity contribution is -0.163. The van der Waals surface area contributed by atoms with E-state index in [1.165, 1.54) is 4.90 Å². The van der Waals surface area contributed by atoms with Gasteiger partial charge in [0.05, 0.1) is 31.5 Å². The highest BCUT2D eigenvalue weighted by molar-refractivity contribution is 5.79. The second kappa shape index (κ2) is 6.91. The normalized spacial score (nSPS) is 36.9. The van der Waals surface area contributed by atoms with E-state index in [0.717, 1.165) is 38.5 Å². The summed E-state index contributed by atoms with van der Waals surface area (Å²) >= 11 is 0. The van der Waals surface area contributed by atoms with Crippen molar-refractivity contribution in [3.8, 4) is 0 Å². The molecule has 6 nitrogen and oxygen atoms in total. The van der Waals surface area contributed by atoms with E-state index in [1.807, 2.05) is 6.92 Å². The van der Waals surface area contributed by atoms with E-state index < -0.39 is 12.3 Å². The van der Waals surface area contributed by atoms with Gasteiger partial charge in [-0.1, -0.05) is 0 Å². The van der Waals surface area contributed by atoms with Crippen LogP contribution in [0.1, 0.15) is 51.9 Å². The van der Waals surface area contributed by atoms with Crippen molar-refractivity contribution in [1.29, 1.82) is 0 Å². The third-order valence-electron chi connectivity index (χ3n) is 6.26. The Morgan fingerprint density at radius 2 is 1.92 bits per heavy atom. The Bertz CT molecular complexity index is 564. The van der Waals surface area contributed by atoms with Crippen molar-refractivity contribution in [3.05, 3.63) is 11.4 Å². The minimum absolute atomic E-state index is 0.0204. The van der Waals surface area contributed by atoms with Gasteiger partial charge in [-0.3, -0.25) is 19.3 Å². The molecular formula is C18H26FN3O3. The quantitative estimate of drug-likeness (QED) is 0.608. The average Bonchev–Trinajstić information content (AvgIpc) is 3.02.